The maximum absolute atomic E-state index is 13.5. The molecule has 1 aromatic heterocycles. The molecule has 44 heavy (non-hydrogen) atoms. The molecule has 5 rings (SSSR count). The van der Waals surface area contributed by atoms with Crippen LogP contribution in [0.15, 0.2) is 91.1 Å². The fraction of sp³-hybridized carbons (Fsp3) is 0.118. The summed E-state index contributed by atoms with van der Waals surface area (Å²) >= 11 is 12.4. The minimum Gasteiger partial charge on any atom is -0.465 e. The maximum atomic E-state index is 13.5. The van der Waals surface area contributed by atoms with E-state index in [4.69, 9.17) is 32.9 Å². The molecule has 0 saturated heterocycles. The highest BCUT2D eigenvalue weighted by molar-refractivity contribution is 6.36. The second-order valence-corrected chi connectivity index (χ2v) is 10.5. The Morgan fingerprint density at radius 2 is 1.55 bits per heavy atom. The first kappa shape index (κ1) is 30.9. The summed E-state index contributed by atoms with van der Waals surface area (Å²) in [6.45, 7) is 2.77. The highest BCUT2D eigenvalue weighted by Gasteiger charge is 2.36. The monoisotopic (exact) mass is 636 g/mol. The first-order chi connectivity index (χ1) is 21.0. The Morgan fingerprint density at radius 1 is 0.886 bits per heavy atom. The van der Waals surface area contributed by atoms with E-state index in [0.717, 1.165) is 59.6 Å². The van der Waals surface area contributed by atoms with Gasteiger partial charge in [-0.2, -0.15) is 13.2 Å². The molecule has 0 unspecified atom stereocenters. The van der Waals surface area contributed by atoms with Crippen LogP contribution in [0.25, 0.3) is 34.5 Å². The first-order valence-corrected chi connectivity index (χ1v) is 14.2. The van der Waals surface area contributed by atoms with E-state index in [1.54, 1.807) is 24.3 Å². The standard InChI is InChI=1S/C34H25Cl2F3N2O3/c1-3-41-20-31(28-15-11-24(35)18-30(28)36)40-32(41)17-6-21-4-7-22(8-5-21)23-9-12-25(13-10-23)44-26-14-16-27(33(42)43-2)29(19-26)34(37,38)39/h4-20H,3H2,1-2H3/b17-6+. The second kappa shape index (κ2) is 13.0. The summed E-state index contributed by atoms with van der Waals surface area (Å²) in [4.78, 5) is 16.5. The number of ether oxygens (including phenoxy) is 2. The van der Waals surface area contributed by atoms with Gasteiger partial charge < -0.3 is 14.0 Å². The van der Waals surface area contributed by atoms with Gasteiger partial charge in [-0.15, -0.1) is 0 Å². The quantitative estimate of drug-likeness (QED) is 0.159. The summed E-state index contributed by atoms with van der Waals surface area (Å²) in [7, 11) is 1.03. The average molecular weight is 637 g/mol. The lowest BCUT2D eigenvalue weighted by Gasteiger charge is -2.14. The van der Waals surface area contributed by atoms with E-state index < -0.39 is 23.3 Å². The largest absolute Gasteiger partial charge is 0.465 e. The summed E-state index contributed by atoms with van der Waals surface area (Å²) < 4.78 is 52.7. The van der Waals surface area contributed by atoms with Gasteiger partial charge in [0, 0.05) is 23.3 Å². The van der Waals surface area contributed by atoms with E-state index in [9.17, 15) is 18.0 Å². The molecule has 0 aliphatic heterocycles. The van der Waals surface area contributed by atoms with E-state index in [0.29, 0.717) is 15.8 Å². The second-order valence-electron chi connectivity index (χ2n) is 9.67. The van der Waals surface area contributed by atoms with E-state index in [1.807, 2.05) is 72.3 Å². The van der Waals surface area contributed by atoms with Crippen molar-refractivity contribution in [2.75, 3.05) is 7.11 Å². The smallest absolute Gasteiger partial charge is 0.417 e. The molecule has 0 N–H and O–H groups in total. The lowest BCUT2D eigenvalue weighted by molar-refractivity contribution is -0.138. The van der Waals surface area contributed by atoms with Gasteiger partial charge in [0.15, 0.2) is 0 Å². The molecule has 0 radical (unpaired) electrons. The number of rotatable bonds is 8. The highest BCUT2D eigenvalue weighted by Crippen LogP contribution is 2.36. The van der Waals surface area contributed by atoms with E-state index >= 15 is 0 Å². The topological polar surface area (TPSA) is 53.4 Å². The third kappa shape index (κ3) is 6.98. The van der Waals surface area contributed by atoms with Crippen LogP contribution in [-0.4, -0.2) is 22.6 Å². The number of methoxy groups -OCH3 is 1. The summed E-state index contributed by atoms with van der Waals surface area (Å²) in [5.74, 6) is 0.00461. The Morgan fingerprint density at radius 3 is 2.16 bits per heavy atom. The average Bonchev–Trinajstić information content (AvgIpc) is 3.42. The third-order valence-electron chi connectivity index (χ3n) is 6.82. The zero-order valence-electron chi connectivity index (χ0n) is 23.5. The molecule has 10 heteroatoms. The lowest BCUT2D eigenvalue weighted by Crippen LogP contribution is -2.14. The van der Waals surface area contributed by atoms with E-state index in [2.05, 4.69) is 4.74 Å². The molecule has 5 aromatic rings. The van der Waals surface area contributed by atoms with Crippen LogP contribution in [0.3, 0.4) is 0 Å². The zero-order chi connectivity index (χ0) is 31.4. The fourth-order valence-corrected chi connectivity index (χ4v) is 5.07. The number of hydrogen-bond donors (Lipinski definition) is 0. The van der Waals surface area contributed by atoms with Crippen molar-refractivity contribution in [3.05, 3.63) is 124 Å². The number of aromatic nitrogens is 2. The van der Waals surface area contributed by atoms with E-state index in [-0.39, 0.29) is 5.75 Å². The number of carbonyl (C=O) groups excluding carboxylic acids is 1. The lowest BCUT2D eigenvalue weighted by atomic mass is 10.0. The number of hydrogen-bond acceptors (Lipinski definition) is 4. The highest BCUT2D eigenvalue weighted by atomic mass is 35.5. The van der Waals surface area contributed by atoms with Gasteiger partial charge in [0.2, 0.25) is 0 Å². The predicted molar refractivity (Wildman–Crippen MR) is 167 cm³/mol. The zero-order valence-corrected chi connectivity index (χ0v) is 25.0. The molecular weight excluding hydrogens is 612 g/mol. The molecule has 4 aromatic carbocycles. The molecule has 0 atom stereocenters. The number of esters is 1. The maximum Gasteiger partial charge on any atom is 0.417 e. The molecule has 0 fully saturated rings. The van der Waals surface area contributed by atoms with Gasteiger partial charge in [-0.3, -0.25) is 0 Å². The molecule has 1 heterocycles. The Bertz CT molecular complexity index is 1830. The number of aryl methyl sites for hydroxylation is 1. The summed E-state index contributed by atoms with van der Waals surface area (Å²) in [5.41, 5.74) is 2.68. The van der Waals surface area contributed by atoms with Gasteiger partial charge in [0.05, 0.1) is 29.0 Å². The van der Waals surface area contributed by atoms with Gasteiger partial charge in [0.1, 0.15) is 17.3 Å². The molecule has 0 bridgehead atoms. The molecular formula is C34H25Cl2F3N2O3. The summed E-state index contributed by atoms with van der Waals surface area (Å²) in [6, 6.07) is 23.3. The number of benzene rings is 4. The Labute approximate surface area is 262 Å². The molecule has 5 nitrogen and oxygen atoms in total. The number of nitrogens with zero attached hydrogens (tertiary/aromatic N) is 2. The van der Waals surface area contributed by atoms with Crippen molar-refractivity contribution in [1.82, 2.24) is 9.55 Å². The van der Waals surface area contributed by atoms with E-state index in [1.165, 1.54) is 6.07 Å². The van der Waals surface area contributed by atoms with Crippen LogP contribution in [0.5, 0.6) is 11.5 Å². The molecule has 0 spiro atoms. The minimum absolute atomic E-state index is 0.0547. The molecule has 0 saturated carbocycles. The van der Waals surface area contributed by atoms with Crippen LogP contribution in [0.4, 0.5) is 13.2 Å². The number of halogens is 5. The van der Waals surface area contributed by atoms with Crippen molar-refractivity contribution in [2.24, 2.45) is 0 Å². The predicted octanol–water partition coefficient (Wildman–Crippen LogP) is 10.3. The van der Waals surface area contributed by atoms with Crippen molar-refractivity contribution < 1.29 is 27.4 Å². The van der Waals surface area contributed by atoms with Gasteiger partial charge in [-0.05, 0) is 78.2 Å². The molecule has 0 aliphatic carbocycles. The fourth-order valence-electron chi connectivity index (χ4n) is 4.56. The Balaban J connectivity index is 1.29. The van der Waals surface area contributed by atoms with Crippen molar-refractivity contribution in [3.63, 3.8) is 0 Å². The SMILES string of the molecule is CCn1cc(-c2ccc(Cl)cc2Cl)nc1/C=C/c1ccc(-c2ccc(Oc3ccc(C(=O)OC)c(C(F)(F)F)c3)cc2)cc1. The summed E-state index contributed by atoms with van der Waals surface area (Å²) in [5, 5.41) is 1.10. The summed E-state index contributed by atoms with van der Waals surface area (Å²) in [6.07, 6.45) is 1.13. The van der Waals surface area contributed by atoms with Crippen LogP contribution in [0.2, 0.25) is 10.0 Å². The van der Waals surface area contributed by atoms with Gasteiger partial charge in [-0.25, -0.2) is 9.78 Å². The van der Waals surface area contributed by atoms with Crippen molar-refractivity contribution in [3.8, 4) is 33.9 Å². The number of alkyl halides is 3. The molecule has 0 amide bonds. The van der Waals surface area contributed by atoms with Crippen molar-refractivity contribution >= 4 is 41.3 Å². The first-order valence-electron chi connectivity index (χ1n) is 13.4. The van der Waals surface area contributed by atoms with Crippen molar-refractivity contribution in [1.29, 1.82) is 0 Å². The van der Waals surface area contributed by atoms with Crippen LogP contribution in [-0.2, 0) is 17.5 Å². The van der Waals surface area contributed by atoms with Gasteiger partial charge >= 0.3 is 12.1 Å². The van der Waals surface area contributed by atoms with Gasteiger partial charge in [-0.1, -0.05) is 65.7 Å². The molecule has 0 aliphatic rings. The number of imidazole rings is 1. The normalized spacial score (nSPS) is 11.6. The molecule has 224 valence electrons. The number of carbonyl (C=O) groups is 1. The van der Waals surface area contributed by atoms with Crippen LogP contribution in [0, 0.1) is 0 Å². The Kier molecular flexibility index (Phi) is 9.13. The Hall–Kier alpha value is -4.53. The van der Waals surface area contributed by atoms with Crippen LogP contribution in [0.1, 0.15) is 34.2 Å². The minimum atomic E-state index is -4.75. The third-order valence-corrected chi connectivity index (χ3v) is 7.36. The van der Waals surface area contributed by atoms with Crippen LogP contribution >= 0.6 is 23.2 Å². The van der Waals surface area contributed by atoms with Crippen LogP contribution < -0.4 is 4.74 Å². The van der Waals surface area contributed by atoms with Gasteiger partial charge in [0.25, 0.3) is 0 Å². The van der Waals surface area contributed by atoms with Crippen molar-refractivity contribution in [2.45, 2.75) is 19.6 Å².